The van der Waals surface area contributed by atoms with Gasteiger partial charge in [-0.1, -0.05) is 97.1 Å². The van der Waals surface area contributed by atoms with E-state index in [-0.39, 0.29) is 11.1 Å². The van der Waals surface area contributed by atoms with Crippen molar-refractivity contribution in [2.75, 3.05) is 0 Å². The number of rotatable bonds is 0. The van der Waals surface area contributed by atoms with Crippen LogP contribution in [0.25, 0.3) is 184 Å². The normalized spacial score (nSPS) is 13.2. The number of hydrogen-bond donors (Lipinski definition) is 0. The van der Waals surface area contributed by atoms with Gasteiger partial charge in [-0.25, -0.2) is 9.97 Å². The zero-order chi connectivity index (χ0) is 48.6. The highest BCUT2D eigenvalue weighted by Gasteiger charge is 2.28. The molecule has 0 atom stereocenters. The molecule has 340 valence electrons. The van der Waals surface area contributed by atoms with E-state index in [1.807, 2.05) is 20.9 Å². The zero-order valence-corrected chi connectivity index (χ0v) is 40.5. The Kier molecular flexibility index (Phi) is 6.30. The van der Waals surface area contributed by atoms with Gasteiger partial charge in [-0.05, 0) is 206 Å². The molecule has 0 amide bonds. The largest absolute Gasteiger partial charge is 0.268 e. The number of aromatic nitrogens is 4. The van der Waals surface area contributed by atoms with Crippen molar-refractivity contribution in [3.8, 4) is 0 Å². The van der Waals surface area contributed by atoms with E-state index in [0.717, 1.165) is 109 Å². The molecule has 0 bridgehead atoms. The van der Waals surface area contributed by atoms with Gasteiger partial charge in [0.2, 0.25) is 0 Å². The molecule has 0 saturated heterocycles. The van der Waals surface area contributed by atoms with Gasteiger partial charge in [0, 0.05) is 43.1 Å². The van der Waals surface area contributed by atoms with Gasteiger partial charge in [-0.15, -0.1) is 0 Å². The van der Waals surface area contributed by atoms with Gasteiger partial charge >= 0.3 is 0 Å². The fourth-order valence-electron chi connectivity index (χ4n) is 15.3. The average molecular weight is 941 g/mol. The molecule has 74 heavy (non-hydrogen) atoms. The highest BCUT2D eigenvalue weighted by Crippen LogP contribution is 2.53. The summed E-state index contributed by atoms with van der Waals surface area (Å²) in [4.78, 5) is 40.7. The fourth-order valence-corrected chi connectivity index (χ4v) is 15.3. The fraction of sp³-hybridized carbons (Fsp3) is 0.0588. The first kappa shape index (κ1) is 38.2. The van der Waals surface area contributed by atoms with Crippen LogP contribution in [0.15, 0.2) is 155 Å². The molecule has 4 heterocycles. The molecule has 6 nitrogen and oxygen atoms in total. The van der Waals surface area contributed by atoms with Gasteiger partial charge in [0.05, 0.1) is 22.1 Å². The third-order valence-corrected chi connectivity index (χ3v) is 18.0. The Morgan fingerprint density at radius 3 is 0.946 bits per heavy atom. The summed E-state index contributed by atoms with van der Waals surface area (Å²) < 4.78 is 3.72. The Hall–Kier alpha value is -9.52. The summed E-state index contributed by atoms with van der Waals surface area (Å²) in [7, 11) is 0. The van der Waals surface area contributed by atoms with Crippen LogP contribution in [0.5, 0.6) is 0 Å². The number of fused-ring (bicyclic) bond motifs is 12. The van der Waals surface area contributed by atoms with Gasteiger partial charge in [-0.2, -0.15) is 0 Å². The van der Waals surface area contributed by atoms with Crippen LogP contribution in [0.3, 0.4) is 0 Å². The van der Waals surface area contributed by atoms with Crippen LogP contribution in [0.4, 0.5) is 0 Å². The number of hydrogen-bond acceptors (Lipinski definition) is 4. The van der Waals surface area contributed by atoms with Gasteiger partial charge < -0.3 is 0 Å². The Morgan fingerprint density at radius 2 is 0.581 bits per heavy atom. The van der Waals surface area contributed by atoms with Gasteiger partial charge in [0.25, 0.3) is 11.1 Å². The van der Waals surface area contributed by atoms with Crippen LogP contribution < -0.4 is 11.1 Å². The van der Waals surface area contributed by atoms with Crippen LogP contribution in [-0.4, -0.2) is 18.8 Å². The van der Waals surface area contributed by atoms with E-state index < -0.39 is 0 Å². The predicted molar refractivity (Wildman–Crippen MR) is 311 cm³/mol. The third-order valence-electron chi connectivity index (χ3n) is 18.0. The van der Waals surface area contributed by atoms with Crippen LogP contribution in [0.1, 0.15) is 22.3 Å². The molecule has 0 fully saturated rings. The van der Waals surface area contributed by atoms with Crippen LogP contribution in [0, 0.1) is 27.7 Å². The van der Waals surface area contributed by atoms with Gasteiger partial charge in [-0.3, -0.25) is 18.4 Å². The first-order chi connectivity index (χ1) is 36.2. The van der Waals surface area contributed by atoms with Crippen molar-refractivity contribution in [3.63, 3.8) is 0 Å². The van der Waals surface area contributed by atoms with Crippen molar-refractivity contribution in [2.24, 2.45) is 0 Å². The molecule has 0 spiro atoms. The predicted octanol–water partition coefficient (Wildman–Crippen LogP) is 16.6. The molecule has 4 aromatic heterocycles. The highest BCUT2D eigenvalue weighted by molar-refractivity contribution is 6.48. The van der Waals surface area contributed by atoms with E-state index in [4.69, 9.17) is 9.97 Å². The van der Waals surface area contributed by atoms with E-state index in [1.54, 1.807) is 0 Å². The Bertz CT molecular complexity index is 5560. The van der Waals surface area contributed by atoms with E-state index in [1.165, 1.54) is 86.2 Å². The average Bonchev–Trinajstić information content (AvgIpc) is 3.58. The lowest BCUT2D eigenvalue weighted by Gasteiger charge is -2.24. The maximum Gasteiger partial charge on any atom is 0.264 e. The van der Waals surface area contributed by atoms with Crippen LogP contribution in [0.2, 0.25) is 0 Å². The number of pyridine rings is 2. The van der Waals surface area contributed by atoms with E-state index in [9.17, 15) is 0 Å². The lowest BCUT2D eigenvalue weighted by molar-refractivity contribution is 1.15. The summed E-state index contributed by atoms with van der Waals surface area (Å²) in [5, 5.41) is 31.5. The SMILES string of the molecule is Cc1cc2c(=O)n3c4cccc5cccc(nc3c3cc(C)c6c7ccc8c9ccc%10c%11c(C)cc%12c%13c(cc(C)c(c%14ccc(c%15ccc(c1c6c23)c7c%158)c9c%14%10)c%11%13)c(=O)n1c2cccc3cccc(nc%121)c32)c54. The van der Waals surface area contributed by atoms with Crippen molar-refractivity contribution in [2.45, 2.75) is 27.7 Å². The quantitative estimate of drug-likeness (QED) is 0.112. The molecule has 0 aliphatic carbocycles. The molecule has 15 aromatic carbocycles. The van der Waals surface area contributed by atoms with Crippen molar-refractivity contribution in [1.82, 2.24) is 18.8 Å². The summed E-state index contributed by atoms with van der Waals surface area (Å²) in [5.74, 6) is 0. The smallest absolute Gasteiger partial charge is 0.264 e. The zero-order valence-electron chi connectivity index (χ0n) is 40.5. The van der Waals surface area contributed by atoms with E-state index in [0.29, 0.717) is 11.3 Å². The lowest BCUT2D eigenvalue weighted by Crippen LogP contribution is -2.17. The molecule has 0 aliphatic rings. The molecule has 19 rings (SSSR count). The summed E-state index contributed by atoms with van der Waals surface area (Å²) in [5.41, 5.74) is 9.38. The van der Waals surface area contributed by atoms with Gasteiger partial charge in [0.15, 0.2) is 0 Å². The molecule has 0 aliphatic heterocycles. The minimum atomic E-state index is -0.0355. The standard InChI is InChI=1S/C68H36N4O2/c1-29-25-43-61-45(67(73)71-49-15-7-11-33-9-5-13-47(55(33)49)69-65(43)71)27-31(3)53-41-23-19-37-38-20-24-42-54-32(4)28-46-62-44(66-70-48-14-6-10-34-12-8-16-50(56(34)48)72(66)68(46)74)26-30(2)52(64(54)62)40-22-18-36(58(38)60(40)42)35-17-21-39(51(29)63(53)61)59(41)57(35)37/h5-28H,1-4H3. The molecule has 0 unspecified atom stereocenters. The Morgan fingerprint density at radius 1 is 0.284 bits per heavy atom. The number of nitrogens with zero attached hydrogens (tertiary/aromatic N) is 4. The summed E-state index contributed by atoms with van der Waals surface area (Å²) in [6.45, 7) is 8.84. The second-order valence-electron chi connectivity index (χ2n) is 21.6. The molecule has 0 N–H and O–H groups in total. The van der Waals surface area contributed by atoms with Crippen molar-refractivity contribution in [1.29, 1.82) is 0 Å². The molecule has 0 saturated carbocycles. The maximum absolute atomic E-state index is 15.1. The van der Waals surface area contributed by atoms with Crippen LogP contribution >= 0.6 is 0 Å². The summed E-state index contributed by atoms with van der Waals surface area (Å²) >= 11 is 0. The Labute approximate surface area is 417 Å². The topological polar surface area (TPSA) is 68.7 Å². The minimum Gasteiger partial charge on any atom is -0.268 e. The molecule has 0 radical (unpaired) electrons. The monoisotopic (exact) mass is 940 g/mol. The second-order valence-corrected chi connectivity index (χ2v) is 21.6. The van der Waals surface area contributed by atoms with Crippen molar-refractivity contribution >= 4 is 184 Å². The summed E-state index contributed by atoms with van der Waals surface area (Å²) in [6.07, 6.45) is 0. The first-order valence-electron chi connectivity index (χ1n) is 25.6. The molecule has 6 heteroatoms. The molecular formula is C68H36N4O2. The maximum atomic E-state index is 15.1. The number of aryl methyl sites for hydroxylation is 4. The van der Waals surface area contributed by atoms with Crippen LogP contribution in [-0.2, 0) is 0 Å². The lowest BCUT2D eigenvalue weighted by atomic mass is 9.79. The molecule has 19 aromatic rings. The molecular weight excluding hydrogens is 905 g/mol. The third kappa shape index (κ3) is 4.02. The second kappa shape index (κ2) is 12.2. The minimum absolute atomic E-state index is 0.0355. The van der Waals surface area contributed by atoms with E-state index >= 15 is 9.59 Å². The number of benzene rings is 15. The Balaban J connectivity index is 0.946. The van der Waals surface area contributed by atoms with Gasteiger partial charge in [0.1, 0.15) is 11.3 Å². The van der Waals surface area contributed by atoms with Crippen molar-refractivity contribution < 1.29 is 0 Å². The first-order valence-corrected chi connectivity index (χ1v) is 25.6. The van der Waals surface area contributed by atoms with Crippen molar-refractivity contribution in [3.05, 3.63) is 189 Å². The van der Waals surface area contributed by atoms with E-state index in [2.05, 4.69) is 161 Å². The highest BCUT2D eigenvalue weighted by atomic mass is 16.1. The summed E-state index contributed by atoms with van der Waals surface area (Å²) in [6, 6.07) is 52.5.